The minimum absolute atomic E-state index is 0.0125. The van der Waals surface area contributed by atoms with Gasteiger partial charge < -0.3 is 11.5 Å². The number of pyridine rings is 1. The van der Waals surface area contributed by atoms with Gasteiger partial charge in [0, 0.05) is 24.7 Å². The lowest BCUT2D eigenvalue weighted by atomic mass is 9.93. The summed E-state index contributed by atoms with van der Waals surface area (Å²) in [6, 6.07) is 6.99. The number of alkyl halides is 1. The monoisotopic (exact) mass is 374 g/mol. The molecule has 1 aromatic heterocycles. The largest absolute Gasteiger partial charge is 0.383 e. The number of likely N-dealkylation sites (tertiary alicyclic amines) is 1. The van der Waals surface area contributed by atoms with Crippen LogP contribution in [0.4, 0.5) is 14.6 Å². The Morgan fingerprint density at radius 1 is 1.30 bits per heavy atom. The fourth-order valence-electron chi connectivity index (χ4n) is 3.77. The molecule has 144 valence electrons. The molecule has 1 aliphatic heterocycles. The van der Waals surface area contributed by atoms with Gasteiger partial charge in [0.25, 0.3) is 0 Å². The molecule has 1 fully saturated rings. The average Bonchev–Trinajstić information content (AvgIpc) is 2.98. The second-order valence-electron chi connectivity index (χ2n) is 7.26. The molecule has 1 saturated heterocycles. The molecule has 5 nitrogen and oxygen atoms in total. The maximum Gasteiger partial charge on any atom is 0.234 e. The molecule has 0 saturated carbocycles. The Bertz CT molecular complexity index is 842. The summed E-state index contributed by atoms with van der Waals surface area (Å²) in [7, 11) is 0. The van der Waals surface area contributed by atoms with Crippen molar-refractivity contribution in [1.82, 2.24) is 9.88 Å². The van der Waals surface area contributed by atoms with Crippen LogP contribution in [0.15, 0.2) is 36.5 Å². The van der Waals surface area contributed by atoms with E-state index in [2.05, 4.69) is 4.98 Å². The quantitative estimate of drug-likeness (QED) is 0.843. The van der Waals surface area contributed by atoms with Crippen LogP contribution in [-0.2, 0) is 4.79 Å². The van der Waals surface area contributed by atoms with E-state index in [-0.39, 0.29) is 30.5 Å². The third-order valence-corrected chi connectivity index (χ3v) is 5.08. The average molecular weight is 374 g/mol. The first-order valence-corrected chi connectivity index (χ1v) is 8.98. The van der Waals surface area contributed by atoms with Crippen LogP contribution in [0, 0.1) is 5.82 Å². The number of anilines is 1. The van der Waals surface area contributed by atoms with Crippen molar-refractivity contribution in [2.24, 2.45) is 5.73 Å². The minimum atomic E-state index is -1.19. The maximum atomic E-state index is 14.7. The smallest absolute Gasteiger partial charge is 0.234 e. The van der Waals surface area contributed by atoms with Gasteiger partial charge in [-0.3, -0.25) is 9.69 Å². The normalized spacial score (nSPS) is 21.5. The molecule has 2 heterocycles. The molecule has 3 rings (SSSR count). The van der Waals surface area contributed by atoms with Crippen LogP contribution in [0.25, 0.3) is 0 Å². The van der Waals surface area contributed by atoms with Crippen molar-refractivity contribution in [3.63, 3.8) is 0 Å². The number of amides is 1. The number of carbonyl (C=O) groups is 1. The zero-order chi connectivity index (χ0) is 19.7. The Hall–Kier alpha value is -2.54. The van der Waals surface area contributed by atoms with Crippen LogP contribution >= 0.6 is 0 Å². The van der Waals surface area contributed by atoms with E-state index in [4.69, 9.17) is 11.5 Å². The van der Waals surface area contributed by atoms with Crippen molar-refractivity contribution in [2.45, 2.75) is 44.4 Å². The van der Waals surface area contributed by atoms with Gasteiger partial charge in [-0.25, -0.2) is 13.8 Å². The topological polar surface area (TPSA) is 85.2 Å². The van der Waals surface area contributed by atoms with Gasteiger partial charge in [0.2, 0.25) is 5.91 Å². The summed E-state index contributed by atoms with van der Waals surface area (Å²) in [5.74, 6) is -0.675. The highest BCUT2D eigenvalue weighted by molar-refractivity contribution is 5.80. The van der Waals surface area contributed by atoms with Crippen LogP contribution in [0.1, 0.15) is 48.9 Å². The minimum Gasteiger partial charge on any atom is -0.383 e. The third-order valence-electron chi connectivity index (χ3n) is 5.08. The van der Waals surface area contributed by atoms with E-state index in [1.807, 2.05) is 13.8 Å². The van der Waals surface area contributed by atoms with Crippen LogP contribution in [0.2, 0.25) is 0 Å². The van der Waals surface area contributed by atoms with Crippen molar-refractivity contribution in [3.8, 4) is 0 Å². The molecule has 0 aliphatic carbocycles. The highest BCUT2D eigenvalue weighted by Crippen LogP contribution is 2.38. The predicted octanol–water partition coefficient (Wildman–Crippen LogP) is 2.91. The standard InChI is InChI=1S/C20H24F2N4O/c1-11(2)14-6-5-12(8-16(14)22)18(15-4-3-7-25-19(15)23)26-10-13(21)9-17(26)20(24)27/h3-8,11,13,17-18H,9-10H2,1-2H3,(H2,23,25)(H2,24,27)/t13?,17?,18-/m1/s1. The molecule has 2 unspecified atom stereocenters. The Balaban J connectivity index is 2.13. The summed E-state index contributed by atoms with van der Waals surface area (Å²) in [6.45, 7) is 3.83. The number of halogens is 2. The molecule has 0 spiro atoms. The van der Waals surface area contributed by atoms with E-state index < -0.39 is 24.2 Å². The molecular weight excluding hydrogens is 350 g/mol. The summed E-state index contributed by atoms with van der Waals surface area (Å²) in [5, 5.41) is 0. The van der Waals surface area contributed by atoms with Gasteiger partial charge in [-0.15, -0.1) is 0 Å². The van der Waals surface area contributed by atoms with E-state index in [0.29, 0.717) is 16.7 Å². The molecule has 3 atom stereocenters. The number of benzene rings is 1. The van der Waals surface area contributed by atoms with Crippen molar-refractivity contribution in [1.29, 1.82) is 0 Å². The highest BCUT2D eigenvalue weighted by Gasteiger charge is 2.41. The molecule has 27 heavy (non-hydrogen) atoms. The van der Waals surface area contributed by atoms with Crippen molar-refractivity contribution >= 4 is 11.7 Å². The van der Waals surface area contributed by atoms with E-state index in [9.17, 15) is 13.6 Å². The molecule has 1 aliphatic rings. The van der Waals surface area contributed by atoms with Gasteiger partial charge in [0.1, 0.15) is 17.8 Å². The summed E-state index contributed by atoms with van der Waals surface area (Å²) >= 11 is 0. The van der Waals surface area contributed by atoms with Gasteiger partial charge in [0.05, 0.1) is 12.1 Å². The maximum absolute atomic E-state index is 14.7. The first-order valence-electron chi connectivity index (χ1n) is 8.98. The fourth-order valence-corrected chi connectivity index (χ4v) is 3.77. The second kappa shape index (κ2) is 7.60. The number of nitrogens with two attached hydrogens (primary N) is 2. The van der Waals surface area contributed by atoms with E-state index in [1.54, 1.807) is 35.4 Å². The molecule has 1 amide bonds. The lowest BCUT2D eigenvalue weighted by Gasteiger charge is -2.32. The summed E-state index contributed by atoms with van der Waals surface area (Å²) in [5.41, 5.74) is 13.3. The zero-order valence-electron chi connectivity index (χ0n) is 15.4. The van der Waals surface area contributed by atoms with Gasteiger partial charge in [-0.2, -0.15) is 0 Å². The molecule has 2 aromatic rings. The van der Waals surface area contributed by atoms with Crippen molar-refractivity contribution in [2.75, 3.05) is 12.3 Å². The molecular formula is C20H24F2N4O. The summed E-state index contributed by atoms with van der Waals surface area (Å²) in [6.07, 6.45) is 0.368. The fraction of sp³-hybridized carbons (Fsp3) is 0.400. The molecule has 1 aromatic carbocycles. The number of aromatic nitrogens is 1. The number of hydrogen-bond acceptors (Lipinski definition) is 4. The van der Waals surface area contributed by atoms with Crippen LogP contribution in [0.5, 0.6) is 0 Å². The van der Waals surface area contributed by atoms with Crippen LogP contribution < -0.4 is 11.5 Å². The first kappa shape index (κ1) is 19.2. The Morgan fingerprint density at radius 2 is 2.04 bits per heavy atom. The number of nitrogens with zero attached hydrogens (tertiary/aromatic N) is 2. The third kappa shape index (κ3) is 3.78. The predicted molar refractivity (Wildman–Crippen MR) is 100 cm³/mol. The van der Waals surface area contributed by atoms with E-state index in [0.717, 1.165) is 0 Å². The van der Waals surface area contributed by atoms with Crippen LogP contribution in [0.3, 0.4) is 0 Å². The number of primary amides is 1. The van der Waals surface area contributed by atoms with Crippen molar-refractivity contribution in [3.05, 3.63) is 59.0 Å². The highest BCUT2D eigenvalue weighted by atomic mass is 19.1. The van der Waals surface area contributed by atoms with Gasteiger partial charge >= 0.3 is 0 Å². The van der Waals surface area contributed by atoms with Gasteiger partial charge in [0.15, 0.2) is 0 Å². The molecule has 0 bridgehead atoms. The number of rotatable bonds is 5. The van der Waals surface area contributed by atoms with Gasteiger partial charge in [-0.05, 0) is 29.2 Å². The molecule has 7 heteroatoms. The lowest BCUT2D eigenvalue weighted by molar-refractivity contribution is -0.122. The van der Waals surface area contributed by atoms with Crippen LogP contribution in [-0.4, -0.2) is 34.5 Å². The second-order valence-corrected chi connectivity index (χ2v) is 7.26. The first-order chi connectivity index (χ1) is 12.8. The molecule has 4 N–H and O–H groups in total. The Morgan fingerprint density at radius 3 is 2.63 bits per heavy atom. The van der Waals surface area contributed by atoms with E-state index in [1.165, 1.54) is 6.07 Å². The number of nitrogen functional groups attached to an aromatic ring is 1. The lowest BCUT2D eigenvalue weighted by Crippen LogP contribution is -2.43. The zero-order valence-corrected chi connectivity index (χ0v) is 15.4. The number of hydrogen-bond donors (Lipinski definition) is 2. The SMILES string of the molecule is CC(C)c1ccc([C@H](c2cccnc2N)N2CC(F)CC2C(N)=O)cc1F. The summed E-state index contributed by atoms with van der Waals surface area (Å²) in [4.78, 5) is 17.7. The Labute approximate surface area is 157 Å². The van der Waals surface area contributed by atoms with E-state index >= 15 is 0 Å². The number of carbonyl (C=O) groups excluding carboxylic acids is 1. The molecule has 0 radical (unpaired) electrons. The summed E-state index contributed by atoms with van der Waals surface area (Å²) < 4.78 is 28.8. The van der Waals surface area contributed by atoms with Crippen molar-refractivity contribution < 1.29 is 13.6 Å². The Kier molecular flexibility index (Phi) is 5.41. The van der Waals surface area contributed by atoms with Gasteiger partial charge in [-0.1, -0.05) is 32.0 Å².